The molecule has 0 bridgehead atoms. The molecule has 0 spiro atoms. The molecule has 1 heterocycles. The van der Waals surface area contributed by atoms with Crippen molar-refractivity contribution in [3.8, 4) is 6.07 Å². The number of rotatable bonds is 4. The van der Waals surface area contributed by atoms with Crippen molar-refractivity contribution in [2.24, 2.45) is 0 Å². The minimum Gasteiger partial charge on any atom is -0.207 e. The van der Waals surface area contributed by atoms with Gasteiger partial charge >= 0.3 is 0 Å². The van der Waals surface area contributed by atoms with Gasteiger partial charge in [0.15, 0.2) is 0 Å². The molecule has 0 radical (unpaired) electrons. The summed E-state index contributed by atoms with van der Waals surface area (Å²) in [6.07, 6.45) is 0. The third kappa shape index (κ3) is 3.07. The third-order valence-corrected chi connectivity index (χ3v) is 5.35. The van der Waals surface area contributed by atoms with Crippen molar-refractivity contribution in [1.29, 1.82) is 5.26 Å². The molecule has 0 atom stereocenters. The normalized spacial score (nSPS) is 11.2. The van der Waals surface area contributed by atoms with Crippen LogP contribution < -0.4 is 4.72 Å². The van der Waals surface area contributed by atoms with E-state index in [-0.39, 0.29) is 11.4 Å². The van der Waals surface area contributed by atoms with Crippen LogP contribution in [0.4, 0.5) is 0 Å². The van der Waals surface area contributed by atoms with Crippen molar-refractivity contribution in [2.45, 2.75) is 25.3 Å². The lowest BCUT2D eigenvalue weighted by molar-refractivity contribution is 0.581. The lowest BCUT2D eigenvalue weighted by Crippen LogP contribution is -2.23. The molecule has 0 saturated heterocycles. The monoisotopic (exact) mass is 306 g/mol. The summed E-state index contributed by atoms with van der Waals surface area (Å²) >= 11 is 1.55. The highest BCUT2D eigenvalue weighted by atomic mass is 32.2. The maximum absolute atomic E-state index is 12.2. The number of nitrogens with zero attached hydrogens (tertiary/aromatic N) is 1. The van der Waals surface area contributed by atoms with Gasteiger partial charge in [-0.2, -0.15) is 16.6 Å². The molecule has 0 saturated carbocycles. The van der Waals surface area contributed by atoms with Gasteiger partial charge in [-0.05, 0) is 59.5 Å². The van der Waals surface area contributed by atoms with Gasteiger partial charge in [-0.25, -0.2) is 13.1 Å². The highest BCUT2D eigenvalue weighted by molar-refractivity contribution is 7.89. The fourth-order valence-corrected chi connectivity index (χ4v) is 3.70. The molecule has 0 amide bonds. The topological polar surface area (TPSA) is 70.0 Å². The molecule has 1 N–H and O–H groups in total. The van der Waals surface area contributed by atoms with Crippen LogP contribution in [-0.2, 0) is 16.6 Å². The average molecular weight is 306 g/mol. The highest BCUT2D eigenvalue weighted by Crippen LogP contribution is 2.17. The van der Waals surface area contributed by atoms with Crippen LogP contribution >= 0.6 is 11.3 Å². The van der Waals surface area contributed by atoms with Crippen molar-refractivity contribution in [1.82, 2.24) is 4.72 Å². The Bertz CT molecular complexity index is 771. The van der Waals surface area contributed by atoms with Crippen molar-refractivity contribution in [3.05, 3.63) is 51.2 Å². The number of thiophene rings is 1. The van der Waals surface area contributed by atoms with Crippen LogP contribution in [0.1, 0.15) is 22.3 Å². The van der Waals surface area contributed by atoms with Crippen LogP contribution in [0, 0.1) is 25.2 Å². The number of nitriles is 1. The van der Waals surface area contributed by atoms with E-state index in [9.17, 15) is 8.42 Å². The van der Waals surface area contributed by atoms with E-state index in [1.165, 1.54) is 18.2 Å². The van der Waals surface area contributed by atoms with Crippen LogP contribution in [0.5, 0.6) is 0 Å². The Kier molecular flexibility index (Phi) is 4.23. The van der Waals surface area contributed by atoms with Crippen LogP contribution in [0.15, 0.2) is 33.9 Å². The zero-order valence-electron chi connectivity index (χ0n) is 11.2. The molecule has 0 aliphatic heterocycles. The number of nitrogens with one attached hydrogen (secondary N) is 1. The molecule has 0 fully saturated rings. The van der Waals surface area contributed by atoms with Crippen LogP contribution in [0.25, 0.3) is 0 Å². The molecule has 104 valence electrons. The Labute approximate surface area is 122 Å². The molecule has 4 nitrogen and oxygen atoms in total. The summed E-state index contributed by atoms with van der Waals surface area (Å²) in [5.74, 6) is 0. The number of benzene rings is 1. The van der Waals surface area contributed by atoms with Gasteiger partial charge < -0.3 is 0 Å². The predicted molar refractivity (Wildman–Crippen MR) is 79.0 cm³/mol. The van der Waals surface area contributed by atoms with E-state index in [1.807, 2.05) is 23.8 Å². The van der Waals surface area contributed by atoms with Crippen molar-refractivity contribution in [3.63, 3.8) is 0 Å². The molecular weight excluding hydrogens is 292 g/mol. The Morgan fingerprint density at radius 1 is 1.25 bits per heavy atom. The lowest BCUT2D eigenvalue weighted by atomic mass is 10.1. The smallest absolute Gasteiger partial charge is 0.207 e. The quantitative estimate of drug-likeness (QED) is 0.944. The first-order valence-electron chi connectivity index (χ1n) is 5.96. The summed E-state index contributed by atoms with van der Waals surface area (Å²) in [4.78, 5) is 0.182. The molecule has 2 rings (SSSR count). The van der Waals surface area contributed by atoms with Crippen molar-refractivity contribution in [2.75, 3.05) is 0 Å². The molecule has 20 heavy (non-hydrogen) atoms. The maximum Gasteiger partial charge on any atom is 0.240 e. The minimum absolute atomic E-state index is 0.182. The van der Waals surface area contributed by atoms with Gasteiger partial charge in [-0.3, -0.25) is 0 Å². The molecule has 2 aromatic rings. The van der Waals surface area contributed by atoms with Crippen LogP contribution in [-0.4, -0.2) is 8.42 Å². The first kappa shape index (κ1) is 14.7. The van der Waals surface area contributed by atoms with Gasteiger partial charge in [0, 0.05) is 6.54 Å². The second-order valence-electron chi connectivity index (χ2n) is 4.49. The van der Waals surface area contributed by atoms with E-state index in [0.717, 1.165) is 11.1 Å². The van der Waals surface area contributed by atoms with E-state index < -0.39 is 10.0 Å². The summed E-state index contributed by atoms with van der Waals surface area (Å²) in [5, 5.41) is 12.8. The van der Waals surface area contributed by atoms with E-state index in [0.29, 0.717) is 11.1 Å². The molecule has 0 aliphatic rings. The maximum atomic E-state index is 12.2. The second kappa shape index (κ2) is 5.75. The first-order chi connectivity index (χ1) is 9.44. The molecule has 1 aromatic carbocycles. The molecule has 0 aliphatic carbocycles. The van der Waals surface area contributed by atoms with Gasteiger partial charge in [0.2, 0.25) is 10.0 Å². The van der Waals surface area contributed by atoms with Crippen LogP contribution in [0.3, 0.4) is 0 Å². The highest BCUT2D eigenvalue weighted by Gasteiger charge is 2.15. The molecular formula is C14H14N2O2S2. The van der Waals surface area contributed by atoms with Gasteiger partial charge in [-0.1, -0.05) is 0 Å². The minimum atomic E-state index is -3.56. The summed E-state index contributed by atoms with van der Waals surface area (Å²) < 4.78 is 27.0. The van der Waals surface area contributed by atoms with E-state index in [1.54, 1.807) is 18.3 Å². The zero-order chi connectivity index (χ0) is 14.8. The Morgan fingerprint density at radius 2 is 2.00 bits per heavy atom. The number of hydrogen-bond donors (Lipinski definition) is 1. The van der Waals surface area contributed by atoms with Crippen LogP contribution in [0.2, 0.25) is 0 Å². The van der Waals surface area contributed by atoms with Gasteiger partial charge in [0.1, 0.15) is 0 Å². The predicted octanol–water partition coefficient (Wildman–Crippen LogP) is 2.72. The van der Waals surface area contributed by atoms with Gasteiger partial charge in [-0.15, -0.1) is 0 Å². The number of aryl methyl sites for hydroxylation is 2. The number of hydrogen-bond acceptors (Lipinski definition) is 4. The molecule has 6 heteroatoms. The Balaban J connectivity index is 2.21. The Hall–Kier alpha value is -1.68. The third-order valence-electron chi connectivity index (χ3n) is 3.04. The summed E-state index contributed by atoms with van der Waals surface area (Å²) in [7, 11) is -3.56. The van der Waals surface area contributed by atoms with E-state index >= 15 is 0 Å². The van der Waals surface area contributed by atoms with Gasteiger partial charge in [0.05, 0.1) is 16.5 Å². The fourth-order valence-electron chi connectivity index (χ4n) is 1.75. The summed E-state index contributed by atoms with van der Waals surface area (Å²) in [5.41, 5.74) is 3.19. The van der Waals surface area contributed by atoms with Crippen molar-refractivity contribution >= 4 is 21.4 Å². The largest absolute Gasteiger partial charge is 0.240 e. The Morgan fingerprint density at radius 3 is 2.55 bits per heavy atom. The second-order valence-corrected chi connectivity index (χ2v) is 7.00. The fraction of sp³-hybridized carbons (Fsp3) is 0.214. The average Bonchev–Trinajstić information content (AvgIpc) is 2.82. The summed E-state index contributed by atoms with van der Waals surface area (Å²) in [6, 6.07) is 6.52. The van der Waals surface area contributed by atoms with E-state index in [2.05, 4.69) is 4.72 Å². The van der Waals surface area contributed by atoms with Crippen molar-refractivity contribution < 1.29 is 8.42 Å². The molecule has 0 unspecified atom stereocenters. The van der Waals surface area contributed by atoms with E-state index in [4.69, 9.17) is 5.26 Å². The zero-order valence-corrected chi connectivity index (χ0v) is 12.8. The van der Waals surface area contributed by atoms with Gasteiger partial charge in [0.25, 0.3) is 0 Å². The molecule has 1 aromatic heterocycles. The summed E-state index contributed by atoms with van der Waals surface area (Å²) in [6.45, 7) is 3.95. The standard InChI is InChI=1S/C14H14N2O2S2/c1-10-5-14(4-3-12(10)6-15)20(17,18)16-7-13-9-19-8-11(13)2/h3-5,8-9,16H,7H2,1-2H3. The lowest BCUT2D eigenvalue weighted by Gasteiger charge is -2.08. The number of sulfonamides is 1. The SMILES string of the molecule is Cc1cc(S(=O)(=O)NCc2cscc2C)ccc1C#N. The first-order valence-corrected chi connectivity index (χ1v) is 8.39.